The average molecular weight is 323 g/mol. The maximum Gasteiger partial charge on any atom is 0.133 e. The van der Waals surface area contributed by atoms with Crippen LogP contribution in [0.3, 0.4) is 0 Å². The third-order valence-corrected chi connectivity index (χ3v) is 3.70. The summed E-state index contributed by atoms with van der Waals surface area (Å²) in [5.41, 5.74) is 1.31. The van der Waals surface area contributed by atoms with E-state index in [1.165, 1.54) is 5.56 Å². The van der Waals surface area contributed by atoms with Gasteiger partial charge in [0.2, 0.25) is 0 Å². The zero-order valence-electron chi connectivity index (χ0n) is 11.3. The molecule has 1 unspecified atom stereocenters. The van der Waals surface area contributed by atoms with Crippen molar-refractivity contribution in [2.24, 2.45) is 7.05 Å². The van der Waals surface area contributed by atoms with Gasteiger partial charge in [-0.2, -0.15) is 0 Å². The second-order valence-electron chi connectivity index (χ2n) is 4.58. The maximum absolute atomic E-state index is 4.09. The topological polar surface area (TPSA) is 42.7 Å². The molecule has 0 aliphatic rings. The lowest BCUT2D eigenvalue weighted by Gasteiger charge is -2.17. The van der Waals surface area contributed by atoms with E-state index < -0.39 is 0 Å². The van der Waals surface area contributed by atoms with Crippen LogP contribution in [0.15, 0.2) is 35.1 Å². The molecule has 1 aromatic heterocycles. The summed E-state index contributed by atoms with van der Waals surface area (Å²) in [6.45, 7) is 3.10. The molecular formula is C14H19BrN4. The lowest BCUT2D eigenvalue weighted by Crippen LogP contribution is -2.24. The Morgan fingerprint density at radius 1 is 1.42 bits per heavy atom. The molecule has 0 radical (unpaired) electrons. The molecule has 1 atom stereocenters. The third kappa shape index (κ3) is 3.88. The standard InChI is InChI=1S/C14H19BrN4/c1-3-13(11-5-4-6-12(15)9-11)16-8-7-14-18-17-10-19(14)2/h4-6,9-10,13,16H,3,7-8H2,1-2H3. The van der Waals surface area contributed by atoms with Crippen molar-refractivity contribution in [1.29, 1.82) is 0 Å². The van der Waals surface area contributed by atoms with Gasteiger partial charge in [0, 0.05) is 30.5 Å². The number of rotatable bonds is 6. The molecule has 0 spiro atoms. The van der Waals surface area contributed by atoms with Gasteiger partial charge in [0.1, 0.15) is 12.2 Å². The van der Waals surface area contributed by atoms with Crippen LogP contribution < -0.4 is 5.32 Å². The van der Waals surface area contributed by atoms with Crippen LogP contribution >= 0.6 is 15.9 Å². The summed E-state index contributed by atoms with van der Waals surface area (Å²) in [4.78, 5) is 0. The van der Waals surface area contributed by atoms with Crippen molar-refractivity contribution in [2.45, 2.75) is 25.8 Å². The van der Waals surface area contributed by atoms with E-state index in [4.69, 9.17) is 0 Å². The molecule has 4 nitrogen and oxygen atoms in total. The second kappa shape index (κ2) is 6.82. The Morgan fingerprint density at radius 2 is 2.26 bits per heavy atom. The number of hydrogen-bond acceptors (Lipinski definition) is 3. The van der Waals surface area contributed by atoms with E-state index in [2.05, 4.69) is 62.6 Å². The van der Waals surface area contributed by atoms with Crippen LogP contribution in [0, 0.1) is 0 Å². The predicted molar refractivity (Wildman–Crippen MR) is 79.9 cm³/mol. The molecule has 0 aliphatic heterocycles. The van der Waals surface area contributed by atoms with E-state index in [0.29, 0.717) is 6.04 Å². The SMILES string of the molecule is CCC(NCCc1nncn1C)c1cccc(Br)c1. The van der Waals surface area contributed by atoms with E-state index in [1.807, 2.05) is 11.6 Å². The smallest absolute Gasteiger partial charge is 0.133 e. The quantitative estimate of drug-likeness (QED) is 0.889. The normalized spacial score (nSPS) is 12.6. The summed E-state index contributed by atoms with van der Waals surface area (Å²) in [6.07, 6.45) is 3.69. The first kappa shape index (κ1) is 14.2. The number of benzene rings is 1. The van der Waals surface area contributed by atoms with E-state index in [1.54, 1.807) is 6.33 Å². The van der Waals surface area contributed by atoms with Gasteiger partial charge in [0.05, 0.1) is 0 Å². The molecule has 0 fully saturated rings. The summed E-state index contributed by atoms with van der Waals surface area (Å²) in [5, 5.41) is 11.6. The first-order chi connectivity index (χ1) is 9.20. The molecule has 102 valence electrons. The average Bonchev–Trinajstić information content (AvgIpc) is 2.80. The highest BCUT2D eigenvalue weighted by Crippen LogP contribution is 2.20. The second-order valence-corrected chi connectivity index (χ2v) is 5.49. The fourth-order valence-corrected chi connectivity index (χ4v) is 2.53. The third-order valence-electron chi connectivity index (χ3n) is 3.20. The minimum Gasteiger partial charge on any atom is -0.321 e. The summed E-state index contributed by atoms with van der Waals surface area (Å²) >= 11 is 3.52. The monoisotopic (exact) mass is 322 g/mol. The number of halogens is 1. The van der Waals surface area contributed by atoms with Gasteiger partial charge in [-0.25, -0.2) is 0 Å². The van der Waals surface area contributed by atoms with E-state index >= 15 is 0 Å². The minimum absolute atomic E-state index is 0.380. The van der Waals surface area contributed by atoms with Crippen LogP contribution in [0.1, 0.15) is 30.8 Å². The highest BCUT2D eigenvalue weighted by molar-refractivity contribution is 9.10. The number of nitrogens with zero attached hydrogens (tertiary/aromatic N) is 3. The van der Waals surface area contributed by atoms with Gasteiger partial charge in [0.25, 0.3) is 0 Å². The molecule has 1 aromatic carbocycles. The largest absolute Gasteiger partial charge is 0.321 e. The van der Waals surface area contributed by atoms with Gasteiger partial charge in [-0.15, -0.1) is 10.2 Å². The van der Waals surface area contributed by atoms with Gasteiger partial charge in [-0.05, 0) is 24.1 Å². The molecule has 2 rings (SSSR count). The van der Waals surface area contributed by atoms with Crippen molar-refractivity contribution >= 4 is 15.9 Å². The Kier molecular flexibility index (Phi) is 5.10. The highest BCUT2D eigenvalue weighted by atomic mass is 79.9. The van der Waals surface area contributed by atoms with Crippen LogP contribution in [-0.4, -0.2) is 21.3 Å². The minimum atomic E-state index is 0.380. The Labute approximate surface area is 122 Å². The van der Waals surface area contributed by atoms with E-state index in [0.717, 1.165) is 29.7 Å². The van der Waals surface area contributed by atoms with Gasteiger partial charge >= 0.3 is 0 Å². The van der Waals surface area contributed by atoms with Crippen molar-refractivity contribution < 1.29 is 0 Å². The van der Waals surface area contributed by atoms with E-state index in [9.17, 15) is 0 Å². The molecular weight excluding hydrogens is 304 g/mol. The van der Waals surface area contributed by atoms with Crippen molar-refractivity contribution in [3.8, 4) is 0 Å². The molecule has 19 heavy (non-hydrogen) atoms. The van der Waals surface area contributed by atoms with Gasteiger partial charge in [0.15, 0.2) is 0 Å². The van der Waals surface area contributed by atoms with Crippen molar-refractivity contribution in [1.82, 2.24) is 20.1 Å². The summed E-state index contributed by atoms with van der Waals surface area (Å²) in [5.74, 6) is 1.01. The van der Waals surface area contributed by atoms with Crippen LogP contribution in [0.4, 0.5) is 0 Å². The Balaban J connectivity index is 1.91. The zero-order chi connectivity index (χ0) is 13.7. The molecule has 1 N–H and O–H groups in total. The van der Waals surface area contributed by atoms with Crippen molar-refractivity contribution in [3.05, 3.63) is 46.5 Å². The summed E-state index contributed by atoms with van der Waals surface area (Å²) < 4.78 is 3.08. The van der Waals surface area contributed by atoms with Crippen LogP contribution in [0.5, 0.6) is 0 Å². The molecule has 5 heteroatoms. The van der Waals surface area contributed by atoms with Gasteiger partial charge in [-0.1, -0.05) is 35.0 Å². The first-order valence-electron chi connectivity index (χ1n) is 6.52. The maximum atomic E-state index is 4.09. The Bertz CT molecular complexity index is 524. The fourth-order valence-electron chi connectivity index (χ4n) is 2.11. The van der Waals surface area contributed by atoms with Crippen LogP contribution in [0.2, 0.25) is 0 Å². The highest BCUT2D eigenvalue weighted by Gasteiger charge is 2.09. The lowest BCUT2D eigenvalue weighted by atomic mass is 10.0. The van der Waals surface area contributed by atoms with Gasteiger partial charge < -0.3 is 9.88 Å². The number of aromatic nitrogens is 3. The zero-order valence-corrected chi connectivity index (χ0v) is 12.9. The van der Waals surface area contributed by atoms with E-state index in [-0.39, 0.29) is 0 Å². The van der Waals surface area contributed by atoms with Crippen molar-refractivity contribution in [2.75, 3.05) is 6.54 Å². The Morgan fingerprint density at radius 3 is 2.89 bits per heavy atom. The molecule has 0 aliphatic carbocycles. The molecule has 0 amide bonds. The molecule has 2 aromatic rings. The molecule has 0 saturated heterocycles. The predicted octanol–water partition coefficient (Wildman–Crippen LogP) is 2.86. The lowest BCUT2D eigenvalue weighted by molar-refractivity contribution is 0.515. The number of nitrogens with one attached hydrogen (secondary N) is 1. The van der Waals surface area contributed by atoms with Gasteiger partial charge in [-0.3, -0.25) is 0 Å². The number of hydrogen-bond donors (Lipinski definition) is 1. The molecule has 0 bridgehead atoms. The first-order valence-corrected chi connectivity index (χ1v) is 7.31. The van der Waals surface area contributed by atoms with Crippen LogP contribution in [-0.2, 0) is 13.5 Å². The Hall–Kier alpha value is -1.20. The number of aryl methyl sites for hydroxylation is 1. The van der Waals surface area contributed by atoms with Crippen molar-refractivity contribution in [3.63, 3.8) is 0 Å². The molecule has 0 saturated carbocycles. The van der Waals surface area contributed by atoms with Crippen LogP contribution in [0.25, 0.3) is 0 Å². The summed E-state index contributed by atoms with van der Waals surface area (Å²) in [7, 11) is 1.97. The molecule has 1 heterocycles. The summed E-state index contributed by atoms with van der Waals surface area (Å²) in [6, 6.07) is 8.84. The fraction of sp³-hybridized carbons (Fsp3) is 0.429.